The highest BCUT2D eigenvalue weighted by molar-refractivity contribution is 7.99. The summed E-state index contributed by atoms with van der Waals surface area (Å²) in [5.74, 6) is 1.58. The van der Waals surface area contributed by atoms with Gasteiger partial charge in [0.05, 0.1) is 18.6 Å². The number of hydrogen-bond acceptors (Lipinski definition) is 7. The molecule has 0 spiro atoms. The first-order chi connectivity index (χ1) is 15.1. The fourth-order valence-corrected chi connectivity index (χ4v) is 4.24. The lowest BCUT2D eigenvalue weighted by Crippen LogP contribution is -2.47. The van der Waals surface area contributed by atoms with Gasteiger partial charge in [-0.15, -0.1) is 0 Å². The molecule has 31 heavy (non-hydrogen) atoms. The number of thioether (sulfide) groups is 1. The maximum absolute atomic E-state index is 14.0. The Balaban J connectivity index is 1.35. The van der Waals surface area contributed by atoms with Crippen molar-refractivity contribution in [2.75, 3.05) is 48.8 Å². The Morgan fingerprint density at radius 2 is 1.81 bits per heavy atom. The van der Waals surface area contributed by atoms with Crippen LogP contribution in [0.25, 0.3) is 0 Å². The summed E-state index contributed by atoms with van der Waals surface area (Å²) in [5, 5.41) is 0.748. The lowest BCUT2D eigenvalue weighted by molar-refractivity contribution is 0.102. The van der Waals surface area contributed by atoms with E-state index < -0.39 is 0 Å². The number of carbonyl (C=O) groups is 1. The Labute approximate surface area is 185 Å². The summed E-state index contributed by atoms with van der Waals surface area (Å²) in [4.78, 5) is 25.4. The number of ether oxygens (including phenoxy) is 1. The van der Waals surface area contributed by atoms with Gasteiger partial charge in [0.15, 0.2) is 5.78 Å². The second-order valence-electron chi connectivity index (χ2n) is 7.08. The van der Waals surface area contributed by atoms with Gasteiger partial charge in [-0.3, -0.25) is 4.79 Å². The molecule has 6 nitrogen and oxygen atoms in total. The fourth-order valence-electron chi connectivity index (χ4n) is 3.49. The highest BCUT2D eigenvalue weighted by Gasteiger charge is 2.20. The van der Waals surface area contributed by atoms with Gasteiger partial charge in [0.1, 0.15) is 28.7 Å². The van der Waals surface area contributed by atoms with Gasteiger partial charge < -0.3 is 14.5 Å². The van der Waals surface area contributed by atoms with Crippen LogP contribution < -0.4 is 14.5 Å². The highest BCUT2D eigenvalue weighted by Crippen LogP contribution is 2.25. The van der Waals surface area contributed by atoms with Gasteiger partial charge in [0, 0.05) is 37.8 Å². The van der Waals surface area contributed by atoms with Crippen molar-refractivity contribution in [3.8, 4) is 5.75 Å². The molecule has 1 fully saturated rings. The number of Topliss-reactive ketones (excluding diaryl/α,β-unsaturated/α-hetero) is 1. The molecule has 1 saturated heterocycles. The first kappa shape index (κ1) is 21.1. The minimum Gasteiger partial charge on any atom is -0.497 e. The average Bonchev–Trinajstić information content (AvgIpc) is 2.83. The number of benzene rings is 2. The van der Waals surface area contributed by atoms with Crippen LogP contribution in [-0.2, 0) is 0 Å². The molecule has 0 N–H and O–H groups in total. The molecule has 0 amide bonds. The summed E-state index contributed by atoms with van der Waals surface area (Å²) in [6.07, 6.45) is 1.52. The highest BCUT2D eigenvalue weighted by atomic mass is 32.2. The third kappa shape index (κ3) is 5.14. The third-order valence-electron chi connectivity index (χ3n) is 5.17. The molecule has 8 heteroatoms. The number of carbonyl (C=O) groups excluding carboxylic acids is 1. The molecule has 0 aliphatic carbocycles. The molecule has 2 heterocycles. The monoisotopic (exact) mass is 438 g/mol. The fraction of sp³-hybridized carbons (Fsp3) is 0.261. The topological polar surface area (TPSA) is 58.6 Å². The number of para-hydroxylation sites is 1. The average molecular weight is 439 g/mol. The molecule has 160 valence electrons. The first-order valence-corrected chi connectivity index (χ1v) is 11.0. The van der Waals surface area contributed by atoms with E-state index in [0.29, 0.717) is 30.1 Å². The van der Waals surface area contributed by atoms with Crippen LogP contribution >= 0.6 is 11.8 Å². The van der Waals surface area contributed by atoms with Crippen molar-refractivity contribution in [2.45, 2.75) is 5.03 Å². The quantitative estimate of drug-likeness (QED) is 0.315. The zero-order valence-electron chi connectivity index (χ0n) is 17.2. The van der Waals surface area contributed by atoms with Crippen LogP contribution in [0.5, 0.6) is 5.75 Å². The van der Waals surface area contributed by atoms with Gasteiger partial charge in [0.2, 0.25) is 0 Å². The van der Waals surface area contributed by atoms with E-state index in [9.17, 15) is 9.18 Å². The summed E-state index contributed by atoms with van der Waals surface area (Å²) in [7, 11) is 1.58. The molecule has 1 aromatic heterocycles. The van der Waals surface area contributed by atoms with Crippen molar-refractivity contribution in [1.82, 2.24) is 9.97 Å². The summed E-state index contributed by atoms with van der Waals surface area (Å²) >= 11 is 1.39. The summed E-state index contributed by atoms with van der Waals surface area (Å²) in [6, 6.07) is 15.9. The van der Waals surface area contributed by atoms with E-state index in [4.69, 9.17) is 4.74 Å². The Kier molecular flexibility index (Phi) is 6.66. The van der Waals surface area contributed by atoms with E-state index in [0.717, 1.165) is 23.9 Å². The summed E-state index contributed by atoms with van der Waals surface area (Å²) in [5.41, 5.74) is 1.25. The maximum Gasteiger partial charge on any atom is 0.173 e. The Morgan fingerprint density at radius 1 is 1.03 bits per heavy atom. The SMILES string of the molecule is COc1cccc(C(=O)CSc2cc(N3CCN(c4ccccc4F)CC3)ncn2)c1. The van der Waals surface area contributed by atoms with E-state index in [1.165, 1.54) is 24.2 Å². The molecule has 0 radical (unpaired) electrons. The van der Waals surface area contributed by atoms with Crippen molar-refractivity contribution < 1.29 is 13.9 Å². The standard InChI is InChI=1S/C23H23FN4O2S/c1-30-18-6-4-5-17(13-18)21(29)15-31-23-14-22(25-16-26-23)28-11-9-27(10-12-28)20-8-3-2-7-19(20)24/h2-8,13-14,16H,9-12,15H2,1H3. The predicted octanol–water partition coefficient (Wildman–Crippen LogP) is 3.93. The Morgan fingerprint density at radius 3 is 2.58 bits per heavy atom. The van der Waals surface area contributed by atoms with Gasteiger partial charge in [0.25, 0.3) is 0 Å². The van der Waals surface area contributed by atoms with Crippen LogP contribution in [0.4, 0.5) is 15.9 Å². The zero-order valence-corrected chi connectivity index (χ0v) is 18.0. The molecule has 4 rings (SSSR count). The zero-order chi connectivity index (χ0) is 21.6. The number of halogens is 1. The first-order valence-electron chi connectivity index (χ1n) is 10.0. The van der Waals surface area contributed by atoms with E-state index in [-0.39, 0.29) is 17.4 Å². The number of hydrogen-bond donors (Lipinski definition) is 0. The van der Waals surface area contributed by atoms with Gasteiger partial charge in [-0.1, -0.05) is 36.0 Å². The molecule has 1 aliphatic heterocycles. The molecule has 0 unspecified atom stereocenters. The van der Waals surface area contributed by atoms with E-state index in [1.807, 2.05) is 24.3 Å². The van der Waals surface area contributed by atoms with Crippen molar-refractivity contribution in [1.29, 1.82) is 0 Å². The molecule has 0 atom stereocenters. The van der Waals surface area contributed by atoms with E-state index in [1.54, 1.807) is 31.4 Å². The van der Waals surface area contributed by atoms with Crippen LogP contribution in [0.15, 0.2) is 66.0 Å². The molecule has 0 saturated carbocycles. The van der Waals surface area contributed by atoms with Crippen molar-refractivity contribution >= 4 is 29.1 Å². The van der Waals surface area contributed by atoms with Gasteiger partial charge >= 0.3 is 0 Å². The van der Waals surface area contributed by atoms with Gasteiger partial charge in [-0.25, -0.2) is 14.4 Å². The number of piperazine rings is 1. The van der Waals surface area contributed by atoms with E-state index in [2.05, 4.69) is 19.8 Å². The normalized spacial score (nSPS) is 13.9. The minimum absolute atomic E-state index is 0.0163. The number of anilines is 2. The van der Waals surface area contributed by atoms with Crippen molar-refractivity contribution in [3.05, 3.63) is 72.3 Å². The second kappa shape index (κ2) is 9.78. The lowest BCUT2D eigenvalue weighted by Gasteiger charge is -2.36. The number of methoxy groups -OCH3 is 1. The van der Waals surface area contributed by atoms with Crippen LogP contribution in [0.3, 0.4) is 0 Å². The molecule has 2 aromatic carbocycles. The largest absolute Gasteiger partial charge is 0.497 e. The molecule has 0 bridgehead atoms. The predicted molar refractivity (Wildman–Crippen MR) is 121 cm³/mol. The van der Waals surface area contributed by atoms with E-state index >= 15 is 0 Å². The van der Waals surface area contributed by atoms with Crippen molar-refractivity contribution in [2.24, 2.45) is 0 Å². The minimum atomic E-state index is -0.197. The Bertz CT molecular complexity index is 1060. The lowest BCUT2D eigenvalue weighted by atomic mass is 10.1. The van der Waals surface area contributed by atoms with Crippen LogP contribution in [0, 0.1) is 5.82 Å². The van der Waals surface area contributed by atoms with Gasteiger partial charge in [-0.2, -0.15) is 0 Å². The molecular formula is C23H23FN4O2S. The van der Waals surface area contributed by atoms with Crippen LogP contribution in [0.2, 0.25) is 0 Å². The second-order valence-corrected chi connectivity index (χ2v) is 8.08. The number of aromatic nitrogens is 2. The summed E-state index contributed by atoms with van der Waals surface area (Å²) in [6.45, 7) is 2.89. The number of nitrogens with zero attached hydrogens (tertiary/aromatic N) is 4. The maximum atomic E-state index is 14.0. The molecule has 1 aliphatic rings. The van der Waals surface area contributed by atoms with Crippen molar-refractivity contribution in [3.63, 3.8) is 0 Å². The third-order valence-corrected chi connectivity index (χ3v) is 6.09. The smallest absolute Gasteiger partial charge is 0.173 e. The molecular weight excluding hydrogens is 415 g/mol. The number of rotatable bonds is 7. The summed E-state index contributed by atoms with van der Waals surface area (Å²) < 4.78 is 19.2. The van der Waals surface area contributed by atoms with Crippen LogP contribution in [0.1, 0.15) is 10.4 Å². The number of ketones is 1. The molecule has 3 aromatic rings. The Hall–Kier alpha value is -3.13. The van der Waals surface area contributed by atoms with Crippen LogP contribution in [-0.4, -0.2) is 54.8 Å². The van der Waals surface area contributed by atoms with Gasteiger partial charge in [-0.05, 0) is 24.3 Å².